The summed E-state index contributed by atoms with van der Waals surface area (Å²) in [6.45, 7) is 12.4. The van der Waals surface area contributed by atoms with Crippen molar-refractivity contribution < 1.29 is 17.6 Å². The van der Waals surface area contributed by atoms with E-state index in [0.29, 0.717) is 23.0 Å². The van der Waals surface area contributed by atoms with Gasteiger partial charge in [0.15, 0.2) is 23.3 Å². The van der Waals surface area contributed by atoms with Gasteiger partial charge in [-0.1, -0.05) is 63.9 Å². The number of allylic oxidation sites excluding steroid dienone is 2. The van der Waals surface area contributed by atoms with E-state index < -0.39 is 29.2 Å². The molecule has 1 atom stereocenters. The molecule has 3 nitrogen and oxygen atoms in total. The van der Waals surface area contributed by atoms with Crippen molar-refractivity contribution in [2.75, 3.05) is 0 Å². The second-order valence-electron chi connectivity index (χ2n) is 9.41. The topological polar surface area (TPSA) is 51.9 Å². The van der Waals surface area contributed by atoms with Crippen LogP contribution in [0.1, 0.15) is 81.7 Å². The zero-order chi connectivity index (χ0) is 29.3. The molecule has 0 aliphatic rings. The van der Waals surface area contributed by atoms with Crippen LogP contribution in [-0.4, -0.2) is 10.7 Å². The van der Waals surface area contributed by atoms with E-state index in [1.807, 2.05) is 13.8 Å². The Morgan fingerprint density at radius 3 is 2.44 bits per heavy atom. The number of H-pyrrole nitrogens is 1. The molecule has 0 radical (unpaired) electrons. The molecule has 208 valence electrons. The Morgan fingerprint density at radius 2 is 1.82 bits per heavy atom. The summed E-state index contributed by atoms with van der Waals surface area (Å²) in [5, 5.41) is 8.80. The van der Waals surface area contributed by atoms with E-state index in [1.165, 1.54) is 13.0 Å². The van der Waals surface area contributed by atoms with Gasteiger partial charge in [-0.3, -0.25) is 4.99 Å². The molecule has 0 aliphatic carbocycles. The summed E-state index contributed by atoms with van der Waals surface area (Å²) >= 11 is 5.96. The normalized spacial score (nSPS) is 12.6. The summed E-state index contributed by atoms with van der Waals surface area (Å²) in [4.78, 5) is 7.06. The predicted molar refractivity (Wildman–Crippen MR) is 152 cm³/mol. The highest BCUT2D eigenvalue weighted by Gasteiger charge is 2.24. The highest BCUT2D eigenvalue weighted by molar-refractivity contribution is 6.31. The summed E-state index contributed by atoms with van der Waals surface area (Å²) in [6.07, 6.45) is 5.30. The van der Waals surface area contributed by atoms with E-state index in [1.54, 1.807) is 31.2 Å². The van der Waals surface area contributed by atoms with Crippen LogP contribution < -0.4 is 0 Å². The number of halogens is 5. The number of rotatable bonds is 9. The minimum atomic E-state index is -0.851. The molecule has 0 fully saturated rings. The average molecular weight is 560 g/mol. The van der Waals surface area contributed by atoms with Crippen molar-refractivity contribution in [2.24, 2.45) is 4.99 Å². The molecule has 0 saturated carbocycles. The van der Waals surface area contributed by atoms with Gasteiger partial charge in [-0.2, -0.15) is 5.26 Å². The minimum absolute atomic E-state index is 0.0565. The zero-order valence-corrected chi connectivity index (χ0v) is 23.7. The molecule has 3 aromatic rings. The lowest BCUT2D eigenvalue weighted by Crippen LogP contribution is -2.06. The van der Waals surface area contributed by atoms with Gasteiger partial charge in [0.1, 0.15) is 6.07 Å². The third-order valence-corrected chi connectivity index (χ3v) is 6.70. The van der Waals surface area contributed by atoms with Crippen molar-refractivity contribution in [3.63, 3.8) is 0 Å². The molecule has 0 spiro atoms. The number of hydrogen-bond donors (Lipinski definition) is 1. The smallest absolute Gasteiger partial charge is 0.162 e. The lowest BCUT2D eigenvalue weighted by Gasteiger charge is -2.15. The van der Waals surface area contributed by atoms with E-state index in [9.17, 15) is 17.6 Å². The van der Waals surface area contributed by atoms with Gasteiger partial charge in [-0.25, -0.2) is 17.6 Å². The molecule has 39 heavy (non-hydrogen) atoms. The van der Waals surface area contributed by atoms with Gasteiger partial charge in [0.25, 0.3) is 0 Å². The SMILES string of the molecule is C=C(C#N)/C(F)=C\N=C(C)CCC.CCCCc1c(C(C)c2ccc(C)c(F)c2F)[nH]c2ccc(Cl)c(F)c12. The van der Waals surface area contributed by atoms with Crippen molar-refractivity contribution in [3.05, 3.63) is 93.3 Å². The van der Waals surface area contributed by atoms with Crippen LogP contribution in [0.3, 0.4) is 0 Å². The van der Waals surface area contributed by atoms with Gasteiger partial charge >= 0.3 is 0 Å². The van der Waals surface area contributed by atoms with Gasteiger partial charge in [0, 0.05) is 28.2 Å². The molecule has 1 aromatic heterocycles. The Balaban J connectivity index is 0.000000349. The predicted octanol–water partition coefficient (Wildman–Crippen LogP) is 10.2. The van der Waals surface area contributed by atoms with Crippen molar-refractivity contribution >= 4 is 28.2 Å². The Kier molecular flexibility index (Phi) is 12.0. The number of aromatic nitrogens is 1. The van der Waals surface area contributed by atoms with E-state index in [4.69, 9.17) is 16.9 Å². The van der Waals surface area contributed by atoms with Gasteiger partial charge < -0.3 is 4.98 Å². The molecule has 1 N–H and O–H groups in total. The third-order valence-electron chi connectivity index (χ3n) is 6.41. The van der Waals surface area contributed by atoms with Crippen LogP contribution in [-0.2, 0) is 6.42 Å². The fraction of sp³-hybridized carbons (Fsp3) is 0.355. The molecule has 8 heteroatoms. The minimum Gasteiger partial charge on any atom is -0.358 e. The highest BCUT2D eigenvalue weighted by atomic mass is 35.5. The Bertz CT molecular complexity index is 1430. The van der Waals surface area contributed by atoms with Gasteiger partial charge in [0.05, 0.1) is 16.8 Å². The van der Waals surface area contributed by atoms with Crippen molar-refractivity contribution in [3.8, 4) is 6.07 Å². The van der Waals surface area contributed by atoms with Gasteiger partial charge in [-0.15, -0.1) is 0 Å². The molecule has 1 unspecified atom stereocenters. The number of aryl methyl sites for hydroxylation is 2. The second-order valence-corrected chi connectivity index (χ2v) is 9.82. The molecule has 0 aliphatic heterocycles. The first-order valence-electron chi connectivity index (χ1n) is 12.9. The number of unbranched alkanes of at least 4 members (excludes halogenated alkanes) is 1. The van der Waals surface area contributed by atoms with Crippen molar-refractivity contribution in [1.29, 1.82) is 5.26 Å². The van der Waals surface area contributed by atoms with Crippen LogP contribution in [0.4, 0.5) is 17.6 Å². The van der Waals surface area contributed by atoms with Crippen LogP contribution >= 0.6 is 11.6 Å². The maximum atomic E-state index is 14.7. The first kappa shape index (κ1) is 31.8. The molecule has 0 saturated heterocycles. The number of nitriles is 1. The standard InChI is InChI=1S/C21H21ClF3N.C10H13FN2/c1-4-5-6-14-17-16(10-9-15(22)20(17)25)26-21(14)12(3)13-8-7-11(2)18(23)19(13)24;1-4-5-9(3)13-7-10(11)8(2)6-12/h7-10,12,26H,4-6H2,1-3H3;7H,2,4-5H2,1,3H3/b;10-7+,13-9?. The fourth-order valence-electron chi connectivity index (χ4n) is 4.16. The van der Waals surface area contributed by atoms with E-state index in [-0.39, 0.29) is 21.7 Å². The molecule has 0 bridgehead atoms. The number of aromatic amines is 1. The Morgan fingerprint density at radius 1 is 1.13 bits per heavy atom. The van der Waals surface area contributed by atoms with Gasteiger partial charge in [-0.05, 0) is 61.9 Å². The quantitative estimate of drug-likeness (QED) is 0.120. The van der Waals surface area contributed by atoms with Crippen LogP contribution in [0, 0.1) is 35.7 Å². The molecule has 1 heterocycles. The molecule has 2 aromatic carbocycles. The molecular weight excluding hydrogens is 526 g/mol. The lowest BCUT2D eigenvalue weighted by atomic mass is 9.91. The van der Waals surface area contributed by atoms with E-state index in [0.717, 1.165) is 43.2 Å². The number of aliphatic imine (C=N–C) groups is 1. The summed E-state index contributed by atoms with van der Waals surface area (Å²) in [5.41, 5.74) is 3.29. The van der Waals surface area contributed by atoms with E-state index >= 15 is 0 Å². The first-order valence-corrected chi connectivity index (χ1v) is 13.3. The number of fused-ring (bicyclic) bond motifs is 1. The second kappa shape index (κ2) is 14.7. The van der Waals surface area contributed by atoms with Crippen LogP contribution in [0.5, 0.6) is 0 Å². The summed E-state index contributed by atoms with van der Waals surface area (Å²) in [5.74, 6) is -3.27. The third kappa shape index (κ3) is 7.83. The number of nitrogens with zero attached hydrogens (tertiary/aromatic N) is 2. The number of nitrogens with one attached hydrogen (secondary N) is 1. The average Bonchev–Trinajstić information content (AvgIpc) is 3.30. The molecule has 0 amide bonds. The van der Waals surface area contributed by atoms with Crippen LogP contribution in [0.25, 0.3) is 10.9 Å². The Hall–Kier alpha value is -3.37. The molecular formula is C31H34ClF4N3. The van der Waals surface area contributed by atoms with Gasteiger partial charge in [0.2, 0.25) is 0 Å². The van der Waals surface area contributed by atoms with Crippen LogP contribution in [0.15, 0.2) is 53.4 Å². The largest absolute Gasteiger partial charge is 0.358 e. The first-order chi connectivity index (χ1) is 18.5. The maximum Gasteiger partial charge on any atom is 0.162 e. The Labute approximate surface area is 232 Å². The number of benzene rings is 2. The summed E-state index contributed by atoms with van der Waals surface area (Å²) in [6, 6.07) is 7.99. The van der Waals surface area contributed by atoms with E-state index in [2.05, 4.69) is 23.5 Å². The fourth-order valence-corrected chi connectivity index (χ4v) is 4.32. The molecule has 3 rings (SSSR count). The maximum absolute atomic E-state index is 14.7. The van der Waals surface area contributed by atoms with Crippen molar-refractivity contribution in [1.82, 2.24) is 4.98 Å². The van der Waals surface area contributed by atoms with Crippen LogP contribution in [0.2, 0.25) is 5.02 Å². The highest BCUT2D eigenvalue weighted by Crippen LogP contribution is 2.37. The zero-order valence-electron chi connectivity index (χ0n) is 23.0. The number of hydrogen-bond acceptors (Lipinski definition) is 2. The van der Waals surface area contributed by atoms with Crippen molar-refractivity contribution in [2.45, 2.75) is 72.6 Å². The summed E-state index contributed by atoms with van der Waals surface area (Å²) < 4.78 is 56.0. The summed E-state index contributed by atoms with van der Waals surface area (Å²) in [7, 11) is 0. The lowest BCUT2D eigenvalue weighted by molar-refractivity contribution is 0.490. The monoisotopic (exact) mass is 559 g/mol.